The molecule has 0 aliphatic heterocycles. The molecule has 9 rings (SSSR count). The van der Waals surface area contributed by atoms with Crippen molar-refractivity contribution in [1.82, 2.24) is 20.3 Å². The van der Waals surface area contributed by atoms with E-state index >= 15 is 0 Å². The zero-order valence-corrected chi connectivity index (χ0v) is 25.3. The molecule has 4 aromatic carbocycles. The van der Waals surface area contributed by atoms with Gasteiger partial charge in [0.15, 0.2) is 5.52 Å². The van der Waals surface area contributed by atoms with Gasteiger partial charge >= 0.3 is 0 Å². The Morgan fingerprint density at radius 2 is 1.00 bits per heavy atom. The molecule has 7 heteroatoms. The Bertz CT molecular complexity index is 2510. The van der Waals surface area contributed by atoms with Crippen LogP contribution in [0.15, 0.2) is 138 Å². The van der Waals surface area contributed by atoms with Gasteiger partial charge in [0.05, 0.1) is 10.6 Å². The molecular weight excluding hydrogens is 593 g/mol. The van der Waals surface area contributed by atoms with E-state index in [9.17, 15) is 0 Å². The minimum absolute atomic E-state index is 0.648. The summed E-state index contributed by atoms with van der Waals surface area (Å²) in [4.78, 5) is 13.9. The maximum absolute atomic E-state index is 5.42. The summed E-state index contributed by atoms with van der Waals surface area (Å²) in [7, 11) is 0. The highest BCUT2D eigenvalue weighted by atomic mass is 32.1. The maximum atomic E-state index is 5.42. The van der Waals surface area contributed by atoms with Crippen molar-refractivity contribution in [3.63, 3.8) is 0 Å². The van der Waals surface area contributed by atoms with Crippen LogP contribution in [0.4, 0.5) is 0 Å². The van der Waals surface area contributed by atoms with Crippen LogP contribution in [0, 0.1) is 0 Å². The van der Waals surface area contributed by atoms with Crippen LogP contribution in [0.1, 0.15) is 0 Å². The highest BCUT2D eigenvalue weighted by Crippen LogP contribution is 2.45. The SMILES string of the molecule is c1ccc2cc(-c3ccc(-c4nc(-c5ccncc5)c(-c5ccc(-c6ccc7ccccc7c6)s5)c5nonc45)s3)ccc2c1. The van der Waals surface area contributed by atoms with Crippen molar-refractivity contribution in [2.24, 2.45) is 0 Å². The lowest BCUT2D eigenvalue weighted by Crippen LogP contribution is -1.94. The predicted molar refractivity (Wildman–Crippen MR) is 185 cm³/mol. The minimum Gasteiger partial charge on any atom is -0.265 e. The lowest BCUT2D eigenvalue weighted by molar-refractivity contribution is 0.315. The van der Waals surface area contributed by atoms with Crippen LogP contribution in [0.2, 0.25) is 0 Å². The number of benzene rings is 4. The van der Waals surface area contributed by atoms with E-state index in [2.05, 4.69) is 124 Å². The van der Waals surface area contributed by atoms with E-state index in [1.54, 1.807) is 35.1 Å². The highest BCUT2D eigenvalue weighted by molar-refractivity contribution is 7.19. The van der Waals surface area contributed by atoms with Gasteiger partial charge in [0.25, 0.3) is 0 Å². The number of hydrogen-bond acceptors (Lipinski definition) is 7. The molecule has 5 heterocycles. The Labute approximate surface area is 266 Å². The molecular formula is C38H22N4OS2. The number of thiophene rings is 2. The van der Waals surface area contributed by atoms with Crippen molar-refractivity contribution in [3.05, 3.63) is 134 Å². The molecule has 0 radical (unpaired) electrons. The zero-order chi connectivity index (χ0) is 29.7. The molecule has 0 amide bonds. The smallest absolute Gasteiger partial charge is 0.163 e. The molecule has 0 bridgehead atoms. The molecule has 0 saturated heterocycles. The summed E-state index contributed by atoms with van der Waals surface area (Å²) >= 11 is 3.41. The first-order valence-corrected chi connectivity index (χ1v) is 16.2. The van der Waals surface area contributed by atoms with Gasteiger partial charge in [-0.15, -0.1) is 22.7 Å². The van der Waals surface area contributed by atoms with E-state index in [0.29, 0.717) is 11.0 Å². The van der Waals surface area contributed by atoms with Gasteiger partial charge in [-0.3, -0.25) is 4.98 Å². The molecule has 0 spiro atoms. The Morgan fingerprint density at radius 1 is 0.444 bits per heavy atom. The van der Waals surface area contributed by atoms with Crippen LogP contribution in [0.5, 0.6) is 0 Å². The van der Waals surface area contributed by atoms with Gasteiger partial charge < -0.3 is 0 Å². The first-order chi connectivity index (χ1) is 22.3. The second-order valence-electron chi connectivity index (χ2n) is 10.8. The van der Waals surface area contributed by atoms with E-state index in [1.807, 2.05) is 12.1 Å². The van der Waals surface area contributed by atoms with Crippen molar-refractivity contribution >= 4 is 55.3 Å². The average Bonchev–Trinajstić information content (AvgIpc) is 3.89. The topological polar surface area (TPSA) is 64.7 Å². The second kappa shape index (κ2) is 10.6. The minimum atomic E-state index is 0.648. The van der Waals surface area contributed by atoms with Crippen LogP contribution in [0.3, 0.4) is 0 Å². The summed E-state index contributed by atoms with van der Waals surface area (Å²) in [5, 5.41) is 13.7. The van der Waals surface area contributed by atoms with Gasteiger partial charge in [0.1, 0.15) is 11.2 Å². The lowest BCUT2D eigenvalue weighted by atomic mass is 10.0. The molecule has 9 aromatic rings. The van der Waals surface area contributed by atoms with E-state index < -0.39 is 0 Å². The van der Waals surface area contributed by atoms with Crippen LogP contribution in [0.25, 0.3) is 85.7 Å². The summed E-state index contributed by atoms with van der Waals surface area (Å²) in [6.45, 7) is 0. The second-order valence-corrected chi connectivity index (χ2v) is 13.0. The molecule has 5 nitrogen and oxygen atoms in total. The van der Waals surface area contributed by atoms with Gasteiger partial charge in [-0.2, -0.15) is 0 Å². The number of fused-ring (bicyclic) bond motifs is 3. The summed E-state index contributed by atoms with van der Waals surface area (Å²) in [5.41, 5.74) is 7.13. The number of rotatable bonds is 5. The monoisotopic (exact) mass is 614 g/mol. The van der Waals surface area contributed by atoms with Crippen LogP contribution >= 0.6 is 22.7 Å². The van der Waals surface area contributed by atoms with E-state index in [0.717, 1.165) is 37.1 Å². The third-order valence-corrected chi connectivity index (χ3v) is 10.4. The molecule has 0 N–H and O–H groups in total. The van der Waals surface area contributed by atoms with E-state index in [-0.39, 0.29) is 0 Å². The van der Waals surface area contributed by atoms with Crippen LogP contribution in [-0.2, 0) is 0 Å². The lowest BCUT2D eigenvalue weighted by Gasteiger charge is -2.10. The summed E-state index contributed by atoms with van der Waals surface area (Å²) in [6, 6.07) is 42.6. The Balaban J connectivity index is 1.19. The molecule has 0 saturated carbocycles. The van der Waals surface area contributed by atoms with E-state index in [4.69, 9.17) is 9.61 Å². The molecule has 45 heavy (non-hydrogen) atoms. The Morgan fingerprint density at radius 3 is 1.67 bits per heavy atom. The third kappa shape index (κ3) is 4.52. The molecule has 5 aromatic heterocycles. The largest absolute Gasteiger partial charge is 0.265 e. The predicted octanol–water partition coefficient (Wildman–Crippen LogP) is 10.8. The van der Waals surface area contributed by atoms with Crippen molar-refractivity contribution in [3.8, 4) is 53.2 Å². The van der Waals surface area contributed by atoms with Gasteiger partial charge in [-0.25, -0.2) is 9.61 Å². The highest BCUT2D eigenvalue weighted by Gasteiger charge is 2.24. The Kier molecular flexibility index (Phi) is 6.11. The van der Waals surface area contributed by atoms with Crippen molar-refractivity contribution in [2.45, 2.75) is 0 Å². The number of pyridine rings is 2. The van der Waals surface area contributed by atoms with Crippen LogP contribution < -0.4 is 0 Å². The number of hydrogen-bond donors (Lipinski definition) is 0. The molecule has 0 fully saturated rings. The Hall–Kier alpha value is -5.50. The summed E-state index contributed by atoms with van der Waals surface area (Å²) in [5.74, 6) is 0. The first kappa shape index (κ1) is 25.9. The van der Waals surface area contributed by atoms with Crippen LogP contribution in [-0.4, -0.2) is 20.3 Å². The standard InChI is InChI=1S/C38H22N4OS2/c1-3-7-26-21-28(11-9-23(26)5-1)30-13-15-32(44-30)34-35(25-17-19-39-20-18-25)40-36(38-37(34)41-43-42-38)33-16-14-31(45-33)29-12-10-24-6-2-4-8-27(24)22-29/h1-22H. The van der Waals surface area contributed by atoms with Gasteiger partial charge in [-0.05, 0) is 91.5 Å². The zero-order valence-electron chi connectivity index (χ0n) is 23.7. The van der Waals surface area contributed by atoms with Crippen molar-refractivity contribution < 1.29 is 4.63 Å². The normalized spacial score (nSPS) is 11.6. The average molecular weight is 615 g/mol. The van der Waals surface area contributed by atoms with E-state index in [1.165, 1.54) is 37.5 Å². The molecule has 0 aliphatic rings. The third-order valence-electron chi connectivity index (χ3n) is 8.12. The molecule has 0 atom stereocenters. The van der Waals surface area contributed by atoms with Crippen molar-refractivity contribution in [2.75, 3.05) is 0 Å². The first-order valence-electron chi connectivity index (χ1n) is 14.5. The quantitative estimate of drug-likeness (QED) is 0.193. The maximum Gasteiger partial charge on any atom is 0.163 e. The van der Waals surface area contributed by atoms with Gasteiger partial charge in [0.2, 0.25) is 0 Å². The molecule has 0 unspecified atom stereocenters. The summed E-state index contributed by atoms with van der Waals surface area (Å²) in [6.07, 6.45) is 3.59. The molecule has 0 aliphatic carbocycles. The number of aromatic nitrogens is 4. The fraction of sp³-hybridized carbons (Fsp3) is 0. The van der Waals surface area contributed by atoms with Crippen molar-refractivity contribution in [1.29, 1.82) is 0 Å². The molecule has 212 valence electrons. The number of nitrogens with zero attached hydrogens (tertiary/aromatic N) is 4. The fourth-order valence-corrected chi connectivity index (χ4v) is 7.94. The van der Waals surface area contributed by atoms with Gasteiger partial charge in [0, 0.05) is 38.2 Å². The summed E-state index contributed by atoms with van der Waals surface area (Å²) < 4.78 is 5.42. The fourth-order valence-electron chi connectivity index (χ4n) is 5.90. The van der Waals surface area contributed by atoms with Gasteiger partial charge in [-0.1, -0.05) is 72.8 Å².